The van der Waals surface area contributed by atoms with Crippen LogP contribution in [0, 0.1) is 23.7 Å². The van der Waals surface area contributed by atoms with E-state index in [9.17, 15) is 36.6 Å². The number of unbranched alkanes of at least 4 members (excludes halogenated alkanes) is 2. The molecule has 30 heteroatoms. The Hall–Kier alpha value is -7.80. The van der Waals surface area contributed by atoms with Crippen molar-refractivity contribution in [1.29, 1.82) is 0 Å². The number of rotatable bonds is 14. The molecule has 0 saturated carbocycles. The zero-order chi connectivity index (χ0) is 54.2. The topological polar surface area (TPSA) is 377 Å². The number of alkyl halides is 6. The van der Waals surface area contributed by atoms with E-state index >= 15 is 0 Å². The van der Waals surface area contributed by atoms with Gasteiger partial charge in [0.05, 0.1) is 25.6 Å². The molecule has 0 amide bonds. The second-order valence-corrected chi connectivity index (χ2v) is 15.6. The molecule has 392 valence electrons. The average Bonchev–Trinajstić information content (AvgIpc) is 4.10. The number of nitrogen functional groups attached to an aromatic ring is 2. The second-order valence-electron chi connectivity index (χ2n) is 15.6. The average molecular weight is 1030 g/mol. The fourth-order valence-corrected chi connectivity index (χ4v) is 5.58. The highest BCUT2D eigenvalue weighted by atomic mass is 19.4. The zero-order valence-corrected chi connectivity index (χ0v) is 39.5. The van der Waals surface area contributed by atoms with Crippen molar-refractivity contribution < 1.29 is 75.1 Å². The minimum absolute atomic E-state index is 0.137. The molecular formula is C42H52F6N14O10. The molecule has 0 unspecified atom stereocenters. The largest absolute Gasteiger partial charge is 0.490 e. The van der Waals surface area contributed by atoms with E-state index in [-0.39, 0.29) is 11.6 Å². The lowest BCUT2D eigenvalue weighted by molar-refractivity contribution is -0.193. The summed E-state index contributed by atoms with van der Waals surface area (Å²) in [5.74, 6) is 8.21. The number of nitrogens with zero attached hydrogens (tertiary/aromatic N) is 10. The molecule has 6 heterocycles. The van der Waals surface area contributed by atoms with Gasteiger partial charge in [0.1, 0.15) is 44.7 Å². The van der Waals surface area contributed by atoms with Gasteiger partial charge in [-0.3, -0.25) is 0 Å². The first-order chi connectivity index (χ1) is 33.6. The molecule has 72 heavy (non-hydrogen) atoms. The summed E-state index contributed by atoms with van der Waals surface area (Å²) in [7, 11) is 0. The summed E-state index contributed by atoms with van der Waals surface area (Å²) in [6, 6.07) is 0. The van der Waals surface area contributed by atoms with Crippen LogP contribution in [-0.2, 0) is 22.7 Å². The van der Waals surface area contributed by atoms with Crippen molar-refractivity contribution in [1.82, 2.24) is 49.7 Å². The Kier molecular flexibility index (Phi) is 20.6. The molecule has 0 saturated heterocycles. The Morgan fingerprint density at radius 3 is 1.22 bits per heavy atom. The number of imidazole rings is 2. The summed E-state index contributed by atoms with van der Waals surface area (Å²) in [5, 5.41) is 49.2. The molecule has 0 bridgehead atoms. The fraction of sp³-hybridized carbons (Fsp3) is 0.476. The Balaban J connectivity index is 0.000000301. The van der Waals surface area contributed by atoms with Crippen LogP contribution in [0.3, 0.4) is 0 Å². The van der Waals surface area contributed by atoms with Crippen molar-refractivity contribution >= 4 is 45.6 Å². The maximum absolute atomic E-state index is 10.6. The van der Waals surface area contributed by atoms with Crippen LogP contribution in [0.25, 0.3) is 45.1 Å². The number of aryl methyl sites for hydroxylation is 2. The van der Waals surface area contributed by atoms with Gasteiger partial charge in [-0.1, -0.05) is 11.8 Å². The lowest BCUT2D eigenvalue weighted by atomic mass is 10.1. The van der Waals surface area contributed by atoms with Crippen LogP contribution in [0.2, 0.25) is 0 Å². The van der Waals surface area contributed by atoms with E-state index in [1.165, 1.54) is 0 Å². The molecule has 6 aromatic rings. The number of carboxylic acids is 2. The fourth-order valence-electron chi connectivity index (χ4n) is 5.58. The number of hydrogen-bond acceptors (Lipinski definition) is 20. The summed E-state index contributed by atoms with van der Waals surface area (Å²) >= 11 is 0. The van der Waals surface area contributed by atoms with Crippen LogP contribution >= 0.6 is 0 Å². The minimum atomic E-state index is -5.08. The first kappa shape index (κ1) is 58.5. The third-order valence-electron chi connectivity index (χ3n) is 8.73. The maximum Gasteiger partial charge on any atom is 0.490 e. The molecule has 24 nitrogen and oxygen atoms in total. The predicted octanol–water partition coefficient (Wildman–Crippen LogP) is 3.91. The molecule has 6 aromatic heterocycles. The van der Waals surface area contributed by atoms with E-state index in [4.69, 9.17) is 61.5 Å². The number of nitrogens with two attached hydrogens (primary N) is 4. The first-order valence-corrected chi connectivity index (χ1v) is 21.3. The number of anilines is 2. The molecular weight excluding hydrogens is 975 g/mol. The Labute approximate surface area is 405 Å². The highest BCUT2D eigenvalue weighted by Gasteiger charge is 2.39. The molecule has 0 fully saturated rings. The van der Waals surface area contributed by atoms with Crippen LogP contribution in [0.15, 0.2) is 21.7 Å². The van der Waals surface area contributed by atoms with E-state index < -0.39 is 35.5 Å². The number of carboxylic acid groups (broad SMARTS) is 2. The zero-order valence-electron chi connectivity index (χ0n) is 39.5. The molecule has 6 rings (SSSR count). The molecule has 12 N–H and O–H groups in total. The van der Waals surface area contributed by atoms with E-state index in [2.05, 4.69) is 64.2 Å². The van der Waals surface area contributed by atoms with E-state index in [0.29, 0.717) is 107 Å². The number of aliphatic carboxylic acids is 2. The summed E-state index contributed by atoms with van der Waals surface area (Å²) in [4.78, 5) is 35.9. The SMILES string of the molecule is CCn1c(-c2nonc2N)nc2c(C#CC(C)(C)O)ncc(OCCCCN)c21.CCn1c(-c2nonc2N)nc2c(C#CC(C)(C)O)ncc(OCCCCN)c21.O=C(O)C(F)(F)F.O=C(O)C(F)(F)F. The molecule has 0 radical (unpaired) electrons. The van der Waals surface area contributed by atoms with Crippen molar-refractivity contribution in [2.45, 2.75) is 104 Å². The smallest absolute Gasteiger partial charge is 0.490 e. The van der Waals surface area contributed by atoms with Crippen LogP contribution < -0.4 is 32.4 Å². The Bertz CT molecular complexity index is 2700. The van der Waals surface area contributed by atoms with E-state index in [1.807, 2.05) is 23.0 Å². The van der Waals surface area contributed by atoms with Crippen molar-refractivity contribution in [2.24, 2.45) is 11.5 Å². The van der Waals surface area contributed by atoms with Gasteiger partial charge in [0.25, 0.3) is 0 Å². The lowest BCUT2D eigenvalue weighted by Gasteiger charge is -2.11. The van der Waals surface area contributed by atoms with Gasteiger partial charge in [-0.05, 0) is 113 Å². The molecule has 0 aromatic carbocycles. The Morgan fingerprint density at radius 2 is 0.972 bits per heavy atom. The number of halogens is 6. The number of fused-ring (bicyclic) bond motifs is 2. The standard InChI is InChI=1S/2C19H25N7O3.2C2HF3O2/c2*1-4-26-16-13(28-10-6-5-9-20)11-22-12(7-8-19(2,3)27)14(16)23-18(26)15-17(21)25-29-24-15;2*3-2(4,5)1(6)7/h2*11,27H,4-6,9-10,20H2,1-3H3,(H2,21,25);2*(H,6,7). The predicted molar refractivity (Wildman–Crippen MR) is 243 cm³/mol. The highest BCUT2D eigenvalue weighted by molar-refractivity contribution is 5.91. The van der Waals surface area contributed by atoms with E-state index in [0.717, 1.165) is 25.7 Å². The molecule has 0 spiro atoms. The quantitative estimate of drug-likeness (QED) is 0.0435. The van der Waals surface area contributed by atoms with Gasteiger partial charge >= 0.3 is 24.3 Å². The normalized spacial score (nSPS) is 11.4. The number of pyridine rings is 2. The van der Waals surface area contributed by atoms with Crippen molar-refractivity contribution in [3.63, 3.8) is 0 Å². The van der Waals surface area contributed by atoms with Gasteiger partial charge in [-0.2, -0.15) is 26.3 Å². The summed E-state index contributed by atoms with van der Waals surface area (Å²) < 4.78 is 88.7. The number of ether oxygens (including phenoxy) is 2. The lowest BCUT2D eigenvalue weighted by Crippen LogP contribution is -2.21. The molecule has 0 aliphatic rings. The number of carbonyl (C=O) groups is 2. The van der Waals surface area contributed by atoms with Crippen molar-refractivity contribution in [2.75, 3.05) is 37.8 Å². The summed E-state index contributed by atoms with van der Waals surface area (Å²) in [6.07, 6.45) is -3.56. The van der Waals surface area contributed by atoms with Crippen LogP contribution in [-0.4, -0.2) is 132 Å². The maximum atomic E-state index is 10.6. The third kappa shape index (κ3) is 16.7. The van der Waals surface area contributed by atoms with Gasteiger partial charge in [0, 0.05) is 13.1 Å². The van der Waals surface area contributed by atoms with Crippen molar-refractivity contribution in [3.05, 3.63) is 23.8 Å². The summed E-state index contributed by atoms with van der Waals surface area (Å²) in [5.41, 5.74) is 24.5. The highest BCUT2D eigenvalue weighted by Crippen LogP contribution is 2.35. The number of aromatic nitrogens is 10. The molecule has 0 aliphatic heterocycles. The van der Waals surface area contributed by atoms with Crippen LogP contribution in [0.1, 0.15) is 78.6 Å². The van der Waals surface area contributed by atoms with Crippen molar-refractivity contribution in [3.8, 4) is 58.2 Å². The Morgan fingerprint density at radius 1 is 0.639 bits per heavy atom. The number of aliphatic hydroxyl groups is 2. The molecule has 0 aliphatic carbocycles. The van der Waals surface area contributed by atoms with Crippen LogP contribution in [0.4, 0.5) is 38.0 Å². The third-order valence-corrected chi connectivity index (χ3v) is 8.73. The van der Waals surface area contributed by atoms with E-state index in [1.54, 1.807) is 40.1 Å². The monoisotopic (exact) mass is 1030 g/mol. The number of hydrogen-bond donors (Lipinski definition) is 8. The first-order valence-electron chi connectivity index (χ1n) is 21.3. The van der Waals surface area contributed by atoms with Crippen LogP contribution in [0.5, 0.6) is 11.5 Å². The van der Waals surface area contributed by atoms with Gasteiger partial charge in [0.15, 0.2) is 46.2 Å². The second kappa shape index (κ2) is 25.4. The van der Waals surface area contributed by atoms with Gasteiger partial charge in [-0.15, -0.1) is 0 Å². The van der Waals surface area contributed by atoms with Gasteiger partial charge in [0.2, 0.25) is 0 Å². The minimum Gasteiger partial charge on any atom is -0.490 e. The molecule has 0 atom stereocenters. The van der Waals surface area contributed by atoms with Gasteiger partial charge < -0.3 is 62.0 Å². The van der Waals surface area contributed by atoms with Gasteiger partial charge in [-0.25, -0.2) is 38.8 Å². The summed E-state index contributed by atoms with van der Waals surface area (Å²) in [6.45, 7) is 13.7.